The summed E-state index contributed by atoms with van der Waals surface area (Å²) in [7, 11) is 0. The molecule has 0 aliphatic rings. The molecule has 0 saturated heterocycles. The number of anilines is 1. The van der Waals surface area contributed by atoms with Gasteiger partial charge in [0.2, 0.25) is 0 Å². The summed E-state index contributed by atoms with van der Waals surface area (Å²) in [5.74, 6) is -0.397. The van der Waals surface area contributed by atoms with Gasteiger partial charge in [0.15, 0.2) is 5.78 Å². The van der Waals surface area contributed by atoms with Crippen molar-refractivity contribution in [1.29, 1.82) is 0 Å². The highest BCUT2D eigenvalue weighted by molar-refractivity contribution is 7.10. The number of nitrogens with zero attached hydrogens (tertiary/aromatic N) is 3. The number of rotatable bonds is 6. The minimum absolute atomic E-state index is 0.0910. The number of ketones is 1. The first-order valence-corrected chi connectivity index (χ1v) is 9.19. The number of nitrogens with one attached hydrogen (secondary N) is 1. The van der Waals surface area contributed by atoms with Gasteiger partial charge in [-0.2, -0.15) is 9.47 Å². The Hall–Kier alpha value is -2.80. The quantitative estimate of drug-likeness (QED) is 0.665. The normalized spacial score (nSPS) is 12.0. The molecule has 1 amide bonds. The molecule has 6 nitrogen and oxygen atoms in total. The van der Waals surface area contributed by atoms with E-state index in [1.807, 2.05) is 50.2 Å². The molecule has 0 bridgehead atoms. The van der Waals surface area contributed by atoms with E-state index in [2.05, 4.69) is 14.8 Å². The minimum Gasteiger partial charge on any atom is -0.311 e. The molecule has 0 spiro atoms. The van der Waals surface area contributed by atoms with Crippen LogP contribution in [0.2, 0.25) is 0 Å². The van der Waals surface area contributed by atoms with Crippen molar-refractivity contribution in [3.8, 4) is 0 Å². The van der Waals surface area contributed by atoms with E-state index in [-0.39, 0.29) is 17.7 Å². The fourth-order valence-electron chi connectivity index (χ4n) is 2.65. The Labute approximate surface area is 156 Å². The fraction of sp³-hybridized carbons (Fsp3) is 0.263. The molecule has 0 radical (unpaired) electrons. The first kappa shape index (κ1) is 18.0. The molecule has 1 atom stereocenters. The average Bonchev–Trinajstić information content (AvgIpc) is 3.27. The van der Waals surface area contributed by atoms with E-state index in [0.29, 0.717) is 22.8 Å². The maximum atomic E-state index is 12.8. The zero-order chi connectivity index (χ0) is 18.7. The van der Waals surface area contributed by atoms with Gasteiger partial charge >= 0.3 is 0 Å². The predicted molar refractivity (Wildman–Crippen MR) is 102 cm³/mol. The lowest BCUT2D eigenvalue weighted by molar-refractivity contribution is 0.0980. The van der Waals surface area contributed by atoms with E-state index in [4.69, 9.17) is 0 Å². The Morgan fingerprint density at radius 2 is 1.96 bits per heavy atom. The molecule has 0 fully saturated rings. The van der Waals surface area contributed by atoms with E-state index >= 15 is 0 Å². The van der Waals surface area contributed by atoms with Crippen LogP contribution in [0.1, 0.15) is 58.5 Å². The summed E-state index contributed by atoms with van der Waals surface area (Å²) in [4.78, 5) is 24.9. The molecule has 7 heteroatoms. The molecule has 0 unspecified atom stereocenters. The summed E-state index contributed by atoms with van der Waals surface area (Å²) in [6.07, 6.45) is 0.339. The Morgan fingerprint density at radius 1 is 1.23 bits per heavy atom. The predicted octanol–water partition coefficient (Wildman–Crippen LogP) is 4.10. The minimum atomic E-state index is -0.306. The molecule has 3 aromatic rings. The van der Waals surface area contributed by atoms with Crippen molar-refractivity contribution in [2.24, 2.45) is 0 Å². The van der Waals surface area contributed by atoms with Crippen LogP contribution < -0.4 is 5.32 Å². The van der Waals surface area contributed by atoms with E-state index in [9.17, 15) is 9.59 Å². The number of hydrogen-bond donors (Lipinski definition) is 1. The van der Waals surface area contributed by atoms with Gasteiger partial charge in [0.05, 0.1) is 11.7 Å². The number of amides is 1. The molecule has 1 N–H and O–H groups in total. The second kappa shape index (κ2) is 7.61. The van der Waals surface area contributed by atoms with Crippen molar-refractivity contribution >= 4 is 28.2 Å². The topological polar surface area (TPSA) is 76.9 Å². The third kappa shape index (κ3) is 3.72. The van der Waals surface area contributed by atoms with Crippen LogP contribution >= 0.6 is 11.5 Å². The van der Waals surface area contributed by atoms with Gasteiger partial charge in [0.25, 0.3) is 5.91 Å². The number of benzene rings is 1. The summed E-state index contributed by atoms with van der Waals surface area (Å²) >= 11 is 1.22. The Morgan fingerprint density at radius 3 is 2.58 bits per heavy atom. The maximum Gasteiger partial charge on any atom is 0.274 e. The van der Waals surface area contributed by atoms with Crippen LogP contribution in [0.5, 0.6) is 0 Å². The van der Waals surface area contributed by atoms with Crippen LogP contribution in [0.15, 0.2) is 42.5 Å². The van der Waals surface area contributed by atoms with Crippen molar-refractivity contribution in [3.63, 3.8) is 0 Å². The molecule has 2 aromatic heterocycles. The zero-order valence-electron chi connectivity index (χ0n) is 14.9. The standard InChI is InChI=1S/C19H20N4O2S/c1-4-17(24)15-11-16(19(25)20-18-10-12(2)22-26-18)23(21-15)13(3)14-8-6-5-7-9-14/h5-11,13H,4H2,1-3H3,(H,20,25)/t13-/m0/s1. The van der Waals surface area contributed by atoms with E-state index in [1.54, 1.807) is 17.7 Å². The first-order chi connectivity index (χ1) is 12.5. The van der Waals surface area contributed by atoms with Crippen molar-refractivity contribution in [3.05, 3.63) is 65.1 Å². The number of Topliss-reactive ketones (excluding diaryl/α,β-unsaturated/α-hetero) is 1. The molecule has 1 aromatic carbocycles. The van der Waals surface area contributed by atoms with Gasteiger partial charge < -0.3 is 5.32 Å². The second-order valence-electron chi connectivity index (χ2n) is 6.01. The highest BCUT2D eigenvalue weighted by atomic mass is 32.1. The number of carbonyl (C=O) groups is 2. The van der Waals surface area contributed by atoms with Gasteiger partial charge in [-0.05, 0) is 37.0 Å². The van der Waals surface area contributed by atoms with Crippen LogP contribution in [0.25, 0.3) is 0 Å². The van der Waals surface area contributed by atoms with Gasteiger partial charge in [-0.3, -0.25) is 14.3 Å². The molecule has 26 heavy (non-hydrogen) atoms. The monoisotopic (exact) mass is 368 g/mol. The summed E-state index contributed by atoms with van der Waals surface area (Å²) in [5, 5.41) is 7.92. The van der Waals surface area contributed by atoms with Crippen molar-refractivity contribution < 1.29 is 9.59 Å². The summed E-state index contributed by atoms with van der Waals surface area (Å²) < 4.78 is 5.78. The lowest BCUT2D eigenvalue weighted by atomic mass is 10.1. The number of aryl methyl sites for hydroxylation is 1. The molecule has 3 rings (SSSR count). The molecule has 134 valence electrons. The SMILES string of the molecule is CCC(=O)c1cc(C(=O)Nc2cc(C)ns2)n([C@@H](C)c2ccccc2)n1. The summed E-state index contributed by atoms with van der Waals surface area (Å²) in [6.45, 7) is 5.60. The number of hydrogen-bond acceptors (Lipinski definition) is 5. The summed E-state index contributed by atoms with van der Waals surface area (Å²) in [5.41, 5.74) is 2.51. The smallest absolute Gasteiger partial charge is 0.274 e. The second-order valence-corrected chi connectivity index (χ2v) is 6.81. The van der Waals surface area contributed by atoms with Crippen LogP contribution in [0.4, 0.5) is 5.00 Å². The third-order valence-corrected chi connectivity index (χ3v) is 4.88. The lowest BCUT2D eigenvalue weighted by Crippen LogP contribution is -2.20. The van der Waals surface area contributed by atoms with Gasteiger partial charge in [0.1, 0.15) is 16.4 Å². The van der Waals surface area contributed by atoms with Crippen molar-refractivity contribution in [1.82, 2.24) is 14.2 Å². The largest absolute Gasteiger partial charge is 0.311 e. The van der Waals surface area contributed by atoms with Crippen molar-refractivity contribution in [2.75, 3.05) is 5.32 Å². The van der Waals surface area contributed by atoms with Crippen LogP contribution in [0, 0.1) is 6.92 Å². The molecular weight excluding hydrogens is 348 g/mol. The van der Waals surface area contributed by atoms with Gasteiger partial charge in [-0.25, -0.2) is 0 Å². The van der Waals surface area contributed by atoms with Gasteiger partial charge in [-0.1, -0.05) is 37.3 Å². The Bertz CT molecular complexity index is 930. The lowest BCUT2D eigenvalue weighted by Gasteiger charge is -2.15. The first-order valence-electron chi connectivity index (χ1n) is 8.42. The fourth-order valence-corrected chi connectivity index (χ4v) is 3.30. The van der Waals surface area contributed by atoms with E-state index in [1.165, 1.54) is 11.5 Å². The molecular formula is C19H20N4O2S. The maximum absolute atomic E-state index is 12.8. The highest BCUT2D eigenvalue weighted by Crippen LogP contribution is 2.22. The van der Waals surface area contributed by atoms with E-state index in [0.717, 1.165) is 11.3 Å². The van der Waals surface area contributed by atoms with Gasteiger partial charge in [-0.15, -0.1) is 0 Å². The zero-order valence-corrected chi connectivity index (χ0v) is 15.7. The van der Waals surface area contributed by atoms with E-state index < -0.39 is 0 Å². The molecule has 0 saturated carbocycles. The van der Waals surface area contributed by atoms with Gasteiger partial charge in [0, 0.05) is 12.5 Å². The average molecular weight is 368 g/mol. The molecule has 2 heterocycles. The van der Waals surface area contributed by atoms with Crippen LogP contribution in [-0.2, 0) is 0 Å². The Kier molecular flexibility index (Phi) is 5.27. The highest BCUT2D eigenvalue weighted by Gasteiger charge is 2.22. The van der Waals surface area contributed by atoms with Crippen molar-refractivity contribution in [2.45, 2.75) is 33.2 Å². The van der Waals surface area contributed by atoms with Crippen LogP contribution in [-0.4, -0.2) is 25.8 Å². The molecule has 0 aliphatic carbocycles. The van der Waals surface area contributed by atoms with Crippen LogP contribution in [0.3, 0.4) is 0 Å². The third-order valence-electron chi connectivity index (χ3n) is 4.09. The summed E-state index contributed by atoms with van der Waals surface area (Å²) in [6, 6.07) is 12.9. The number of carbonyl (C=O) groups excluding carboxylic acids is 2. The number of aromatic nitrogens is 3. The Balaban J connectivity index is 1.98. The molecule has 0 aliphatic heterocycles.